The molecule has 0 aromatic heterocycles. The molecule has 3 nitrogen and oxygen atoms in total. The highest BCUT2D eigenvalue weighted by molar-refractivity contribution is 5.92. The lowest BCUT2D eigenvalue weighted by Crippen LogP contribution is -2.31. The summed E-state index contributed by atoms with van der Waals surface area (Å²) in [5.74, 6) is 0.449. The van der Waals surface area contributed by atoms with Crippen LogP contribution >= 0.6 is 0 Å². The molecule has 0 spiro atoms. The molecule has 0 aliphatic heterocycles. The van der Waals surface area contributed by atoms with Crippen LogP contribution in [-0.2, 0) is 6.54 Å². The minimum Gasteiger partial charge on any atom is -0.366 e. The van der Waals surface area contributed by atoms with E-state index in [0.717, 1.165) is 18.0 Å². The summed E-state index contributed by atoms with van der Waals surface area (Å²) in [6.07, 6.45) is 5.42. The number of hydrogen-bond acceptors (Lipinski definition) is 2. The first kappa shape index (κ1) is 13.1. The summed E-state index contributed by atoms with van der Waals surface area (Å²) in [4.78, 5) is 11.1. The van der Waals surface area contributed by atoms with Crippen molar-refractivity contribution < 1.29 is 4.79 Å². The average molecular weight is 246 g/mol. The molecular weight excluding hydrogens is 224 g/mol. The zero-order chi connectivity index (χ0) is 13.0. The molecule has 1 aromatic carbocycles. The van der Waals surface area contributed by atoms with E-state index in [9.17, 15) is 4.79 Å². The monoisotopic (exact) mass is 246 g/mol. The van der Waals surface area contributed by atoms with E-state index in [4.69, 9.17) is 5.73 Å². The van der Waals surface area contributed by atoms with E-state index < -0.39 is 0 Å². The number of amides is 1. The molecule has 18 heavy (non-hydrogen) atoms. The Labute approximate surface area is 109 Å². The molecule has 1 aromatic rings. The van der Waals surface area contributed by atoms with Gasteiger partial charge in [0, 0.05) is 18.2 Å². The largest absolute Gasteiger partial charge is 0.366 e. The van der Waals surface area contributed by atoms with Crippen LogP contribution in [0, 0.1) is 5.92 Å². The third-order valence-corrected chi connectivity index (χ3v) is 3.95. The number of hydrogen-bond donors (Lipinski definition) is 2. The third-order valence-electron chi connectivity index (χ3n) is 3.95. The van der Waals surface area contributed by atoms with Crippen LogP contribution in [-0.4, -0.2) is 11.9 Å². The highest BCUT2D eigenvalue weighted by atomic mass is 16.1. The van der Waals surface area contributed by atoms with Gasteiger partial charge in [0.2, 0.25) is 5.91 Å². The van der Waals surface area contributed by atoms with Crippen molar-refractivity contribution in [3.63, 3.8) is 0 Å². The van der Waals surface area contributed by atoms with Crippen LogP contribution in [0.25, 0.3) is 0 Å². The second-order valence-electron chi connectivity index (χ2n) is 5.28. The average Bonchev–Trinajstić information content (AvgIpc) is 2.90. The first-order valence-electron chi connectivity index (χ1n) is 6.79. The van der Waals surface area contributed by atoms with Crippen LogP contribution in [0.4, 0.5) is 0 Å². The van der Waals surface area contributed by atoms with E-state index >= 15 is 0 Å². The second-order valence-corrected chi connectivity index (χ2v) is 5.28. The molecule has 0 heterocycles. The molecule has 1 amide bonds. The van der Waals surface area contributed by atoms with E-state index in [1.165, 1.54) is 25.7 Å². The lowest BCUT2D eigenvalue weighted by Gasteiger charge is -2.20. The van der Waals surface area contributed by atoms with Crippen LogP contribution in [0.2, 0.25) is 0 Å². The van der Waals surface area contributed by atoms with Gasteiger partial charge in [-0.1, -0.05) is 25.0 Å². The molecule has 98 valence electrons. The number of nitrogens with two attached hydrogens (primary N) is 1. The quantitative estimate of drug-likeness (QED) is 0.838. The van der Waals surface area contributed by atoms with Crippen LogP contribution < -0.4 is 11.1 Å². The molecule has 1 atom stereocenters. The molecule has 2 rings (SSSR count). The van der Waals surface area contributed by atoms with Crippen molar-refractivity contribution in [2.24, 2.45) is 11.7 Å². The fourth-order valence-corrected chi connectivity index (χ4v) is 2.74. The zero-order valence-electron chi connectivity index (χ0n) is 11.0. The Morgan fingerprint density at radius 2 is 2.17 bits per heavy atom. The maximum absolute atomic E-state index is 11.1. The van der Waals surface area contributed by atoms with Gasteiger partial charge in [-0.2, -0.15) is 0 Å². The molecule has 3 N–H and O–H groups in total. The summed E-state index contributed by atoms with van der Waals surface area (Å²) in [7, 11) is 0. The fourth-order valence-electron chi connectivity index (χ4n) is 2.74. The standard InChI is InChI=1S/C15H22N2O/c1-11(13-6-2-3-7-13)17-10-12-5-4-8-14(9-12)15(16)18/h4-5,8-9,11,13,17H,2-3,6-7,10H2,1H3,(H2,16,18)/t11-/m0/s1. The smallest absolute Gasteiger partial charge is 0.248 e. The van der Waals surface area contributed by atoms with Gasteiger partial charge in [0.05, 0.1) is 0 Å². The molecule has 1 saturated carbocycles. The van der Waals surface area contributed by atoms with Crippen molar-refractivity contribution in [3.05, 3.63) is 35.4 Å². The summed E-state index contributed by atoms with van der Waals surface area (Å²) < 4.78 is 0. The van der Waals surface area contributed by atoms with Crippen molar-refractivity contribution in [1.82, 2.24) is 5.32 Å². The van der Waals surface area contributed by atoms with E-state index in [1.54, 1.807) is 6.07 Å². The molecule has 0 bridgehead atoms. The van der Waals surface area contributed by atoms with Crippen LogP contribution in [0.3, 0.4) is 0 Å². The molecule has 0 unspecified atom stereocenters. The van der Waals surface area contributed by atoms with Gasteiger partial charge in [-0.3, -0.25) is 4.79 Å². The number of benzene rings is 1. The van der Waals surface area contributed by atoms with Gasteiger partial charge >= 0.3 is 0 Å². The number of carbonyl (C=O) groups is 1. The van der Waals surface area contributed by atoms with Crippen molar-refractivity contribution in [3.8, 4) is 0 Å². The van der Waals surface area contributed by atoms with Crippen molar-refractivity contribution in [2.45, 2.75) is 45.2 Å². The first-order chi connectivity index (χ1) is 8.66. The maximum atomic E-state index is 11.1. The van der Waals surface area contributed by atoms with Crippen LogP contribution in [0.5, 0.6) is 0 Å². The Hall–Kier alpha value is -1.35. The van der Waals surface area contributed by atoms with Gasteiger partial charge in [0.25, 0.3) is 0 Å². The SMILES string of the molecule is C[C@H](NCc1cccc(C(N)=O)c1)C1CCCC1. The van der Waals surface area contributed by atoms with E-state index in [-0.39, 0.29) is 5.91 Å². The summed E-state index contributed by atoms with van der Waals surface area (Å²) in [5.41, 5.74) is 6.99. The Kier molecular flexibility index (Phi) is 4.37. The summed E-state index contributed by atoms with van der Waals surface area (Å²) in [6, 6.07) is 8.09. The fraction of sp³-hybridized carbons (Fsp3) is 0.533. The topological polar surface area (TPSA) is 55.1 Å². The number of nitrogens with one attached hydrogen (secondary N) is 1. The number of carbonyl (C=O) groups excluding carboxylic acids is 1. The van der Waals surface area contributed by atoms with Crippen LogP contribution in [0.1, 0.15) is 48.5 Å². The third kappa shape index (κ3) is 3.33. The van der Waals surface area contributed by atoms with E-state index in [2.05, 4.69) is 12.2 Å². The minimum atomic E-state index is -0.360. The Morgan fingerprint density at radius 3 is 2.83 bits per heavy atom. The highest BCUT2D eigenvalue weighted by Gasteiger charge is 2.20. The Bertz CT molecular complexity index is 411. The molecule has 0 saturated heterocycles. The maximum Gasteiger partial charge on any atom is 0.248 e. The molecule has 1 fully saturated rings. The van der Waals surface area contributed by atoms with Gasteiger partial charge in [-0.05, 0) is 43.4 Å². The highest BCUT2D eigenvalue weighted by Crippen LogP contribution is 2.27. The van der Waals surface area contributed by atoms with E-state index in [1.807, 2.05) is 18.2 Å². The normalized spacial score (nSPS) is 17.8. The molecule has 1 aliphatic rings. The second kappa shape index (κ2) is 6.01. The number of rotatable bonds is 5. The molecule has 3 heteroatoms. The molecular formula is C15H22N2O. The zero-order valence-corrected chi connectivity index (χ0v) is 11.0. The Morgan fingerprint density at radius 1 is 1.44 bits per heavy atom. The van der Waals surface area contributed by atoms with Gasteiger partial charge in [-0.15, -0.1) is 0 Å². The van der Waals surface area contributed by atoms with Crippen LogP contribution in [0.15, 0.2) is 24.3 Å². The van der Waals surface area contributed by atoms with Gasteiger partial charge < -0.3 is 11.1 Å². The van der Waals surface area contributed by atoms with Gasteiger partial charge in [-0.25, -0.2) is 0 Å². The first-order valence-corrected chi connectivity index (χ1v) is 6.79. The lowest BCUT2D eigenvalue weighted by atomic mass is 9.99. The van der Waals surface area contributed by atoms with Gasteiger partial charge in [0.1, 0.15) is 0 Å². The summed E-state index contributed by atoms with van der Waals surface area (Å²) in [6.45, 7) is 3.06. The van der Waals surface area contributed by atoms with Crippen molar-refractivity contribution >= 4 is 5.91 Å². The van der Waals surface area contributed by atoms with E-state index in [0.29, 0.717) is 11.6 Å². The summed E-state index contributed by atoms with van der Waals surface area (Å²) in [5, 5.41) is 3.55. The van der Waals surface area contributed by atoms with Gasteiger partial charge in [0.15, 0.2) is 0 Å². The van der Waals surface area contributed by atoms with Crippen molar-refractivity contribution in [1.29, 1.82) is 0 Å². The Balaban J connectivity index is 1.89. The summed E-state index contributed by atoms with van der Waals surface area (Å²) >= 11 is 0. The molecule has 0 radical (unpaired) electrons. The minimum absolute atomic E-state index is 0.360. The molecule has 1 aliphatic carbocycles. The predicted octanol–water partition coefficient (Wildman–Crippen LogP) is 2.45. The predicted molar refractivity (Wildman–Crippen MR) is 73.2 cm³/mol. The number of primary amides is 1. The van der Waals surface area contributed by atoms with Crippen molar-refractivity contribution in [2.75, 3.05) is 0 Å². The lowest BCUT2D eigenvalue weighted by molar-refractivity contribution is 0.1000.